The Balaban J connectivity index is 1.54. The van der Waals surface area contributed by atoms with Crippen LogP contribution in [-0.4, -0.2) is 36.0 Å². The second-order valence-corrected chi connectivity index (χ2v) is 7.28. The van der Waals surface area contributed by atoms with Gasteiger partial charge in [-0.1, -0.05) is 60.2 Å². The van der Waals surface area contributed by atoms with Crippen LogP contribution in [0.3, 0.4) is 0 Å². The molecule has 0 spiro atoms. The SMILES string of the molecule is CC1=C(CCN(C)Cc2ccc(/C=C/C(=O)CO)cc2)c2ccccc2C1. The molecule has 1 aliphatic rings. The number of carbonyl (C=O) groups excluding carboxylic acids is 1. The molecule has 1 N–H and O–H groups in total. The second-order valence-electron chi connectivity index (χ2n) is 7.28. The molecule has 0 unspecified atom stereocenters. The Morgan fingerprint density at radius 1 is 1.15 bits per heavy atom. The average molecular weight is 361 g/mol. The molecule has 27 heavy (non-hydrogen) atoms. The molecule has 0 saturated carbocycles. The van der Waals surface area contributed by atoms with Crippen LogP contribution in [0.2, 0.25) is 0 Å². The van der Waals surface area contributed by atoms with E-state index in [-0.39, 0.29) is 5.78 Å². The van der Waals surface area contributed by atoms with E-state index < -0.39 is 6.61 Å². The number of nitrogens with zero attached hydrogens (tertiary/aromatic N) is 1. The van der Waals surface area contributed by atoms with Crippen LogP contribution in [0.4, 0.5) is 0 Å². The van der Waals surface area contributed by atoms with Crippen LogP contribution in [0.25, 0.3) is 11.6 Å². The van der Waals surface area contributed by atoms with Crippen molar-refractivity contribution < 1.29 is 9.90 Å². The van der Waals surface area contributed by atoms with Gasteiger partial charge < -0.3 is 10.0 Å². The van der Waals surface area contributed by atoms with Gasteiger partial charge in [-0.15, -0.1) is 0 Å². The molecule has 0 fully saturated rings. The molecule has 0 amide bonds. The van der Waals surface area contributed by atoms with E-state index in [4.69, 9.17) is 5.11 Å². The molecule has 3 nitrogen and oxygen atoms in total. The molecule has 0 radical (unpaired) electrons. The lowest BCUT2D eigenvalue weighted by molar-refractivity contribution is -0.117. The first-order valence-corrected chi connectivity index (χ1v) is 9.43. The van der Waals surface area contributed by atoms with E-state index in [9.17, 15) is 4.79 Å². The summed E-state index contributed by atoms with van der Waals surface area (Å²) in [6.45, 7) is 3.73. The Labute approximate surface area is 161 Å². The maximum Gasteiger partial charge on any atom is 0.181 e. The Kier molecular flexibility index (Phi) is 6.38. The van der Waals surface area contributed by atoms with E-state index in [0.29, 0.717) is 0 Å². The molecule has 0 atom stereocenters. The molecular formula is C24H27NO2. The van der Waals surface area contributed by atoms with Gasteiger partial charge in [0.1, 0.15) is 6.61 Å². The summed E-state index contributed by atoms with van der Waals surface area (Å²) in [6, 6.07) is 16.9. The van der Waals surface area contributed by atoms with E-state index in [2.05, 4.69) is 55.3 Å². The van der Waals surface area contributed by atoms with Crippen LogP contribution < -0.4 is 0 Å². The van der Waals surface area contributed by atoms with Gasteiger partial charge in [0, 0.05) is 13.1 Å². The fourth-order valence-electron chi connectivity index (χ4n) is 3.61. The van der Waals surface area contributed by atoms with Crippen LogP contribution in [-0.2, 0) is 17.8 Å². The maximum atomic E-state index is 11.1. The highest BCUT2D eigenvalue weighted by molar-refractivity contribution is 5.94. The van der Waals surface area contributed by atoms with Crippen molar-refractivity contribution in [3.05, 3.63) is 82.4 Å². The van der Waals surface area contributed by atoms with Crippen molar-refractivity contribution in [1.29, 1.82) is 0 Å². The topological polar surface area (TPSA) is 40.5 Å². The fraction of sp³-hybridized carbons (Fsp3) is 0.292. The summed E-state index contributed by atoms with van der Waals surface area (Å²) in [6.07, 6.45) is 5.31. The molecule has 2 aromatic carbocycles. The smallest absolute Gasteiger partial charge is 0.181 e. The zero-order chi connectivity index (χ0) is 19.2. The first kappa shape index (κ1) is 19.3. The molecule has 0 heterocycles. The minimum atomic E-state index is -0.445. The summed E-state index contributed by atoms with van der Waals surface area (Å²) in [4.78, 5) is 13.5. The highest BCUT2D eigenvalue weighted by Gasteiger charge is 2.18. The third kappa shape index (κ3) is 5.03. The second kappa shape index (κ2) is 8.94. The van der Waals surface area contributed by atoms with Crippen LogP contribution in [0.5, 0.6) is 0 Å². The summed E-state index contributed by atoms with van der Waals surface area (Å²) in [5.74, 6) is -0.281. The Bertz CT molecular complexity index is 862. The lowest BCUT2D eigenvalue weighted by Gasteiger charge is -2.18. The van der Waals surface area contributed by atoms with Crippen molar-refractivity contribution in [3.8, 4) is 0 Å². The Morgan fingerprint density at radius 2 is 1.89 bits per heavy atom. The summed E-state index contributed by atoms with van der Waals surface area (Å²) in [7, 11) is 2.16. The molecular weight excluding hydrogens is 334 g/mol. The molecule has 3 rings (SSSR count). The van der Waals surface area contributed by atoms with Crippen LogP contribution in [0.1, 0.15) is 35.6 Å². The number of aliphatic hydroxyl groups excluding tert-OH is 1. The highest BCUT2D eigenvalue weighted by atomic mass is 16.3. The number of aliphatic hydroxyl groups is 1. The normalized spacial score (nSPS) is 13.6. The van der Waals surface area contributed by atoms with Crippen LogP contribution >= 0.6 is 0 Å². The summed E-state index contributed by atoms with van der Waals surface area (Å²) in [5, 5.41) is 8.75. The first-order valence-electron chi connectivity index (χ1n) is 9.43. The number of fused-ring (bicyclic) bond motifs is 1. The number of carbonyl (C=O) groups is 1. The lowest BCUT2D eigenvalue weighted by Crippen LogP contribution is -2.19. The van der Waals surface area contributed by atoms with Gasteiger partial charge in [0.05, 0.1) is 0 Å². The fourth-order valence-corrected chi connectivity index (χ4v) is 3.61. The molecule has 0 saturated heterocycles. The summed E-state index contributed by atoms with van der Waals surface area (Å²) in [5.41, 5.74) is 8.10. The molecule has 0 aliphatic heterocycles. The van der Waals surface area contributed by atoms with Gasteiger partial charge in [-0.3, -0.25) is 4.79 Å². The molecule has 3 heteroatoms. The summed E-state index contributed by atoms with van der Waals surface area (Å²) < 4.78 is 0. The van der Waals surface area contributed by atoms with Gasteiger partial charge in [-0.2, -0.15) is 0 Å². The van der Waals surface area contributed by atoms with E-state index in [1.165, 1.54) is 33.9 Å². The predicted octanol–water partition coefficient (Wildman–Crippen LogP) is 4.11. The Hall–Kier alpha value is -2.49. The number of benzene rings is 2. The van der Waals surface area contributed by atoms with Gasteiger partial charge in [0.25, 0.3) is 0 Å². The van der Waals surface area contributed by atoms with Crippen molar-refractivity contribution in [2.24, 2.45) is 0 Å². The van der Waals surface area contributed by atoms with E-state index in [0.717, 1.165) is 31.5 Å². The molecule has 0 bridgehead atoms. The number of allylic oxidation sites excluding steroid dienone is 1. The summed E-state index contributed by atoms with van der Waals surface area (Å²) >= 11 is 0. The first-order chi connectivity index (χ1) is 13.1. The third-order valence-electron chi connectivity index (χ3n) is 5.11. The number of rotatable bonds is 8. The van der Waals surface area contributed by atoms with Crippen molar-refractivity contribution in [3.63, 3.8) is 0 Å². The third-order valence-corrected chi connectivity index (χ3v) is 5.11. The van der Waals surface area contributed by atoms with Gasteiger partial charge >= 0.3 is 0 Å². The van der Waals surface area contributed by atoms with Crippen LogP contribution in [0, 0.1) is 0 Å². The lowest BCUT2D eigenvalue weighted by atomic mass is 10.0. The molecule has 2 aromatic rings. The van der Waals surface area contributed by atoms with Gasteiger partial charge in [-0.05, 0) is 60.7 Å². The quantitative estimate of drug-likeness (QED) is 0.719. The largest absolute Gasteiger partial charge is 0.388 e. The zero-order valence-electron chi connectivity index (χ0n) is 16.1. The minimum Gasteiger partial charge on any atom is -0.388 e. The van der Waals surface area contributed by atoms with Crippen LogP contribution in [0.15, 0.2) is 60.2 Å². The van der Waals surface area contributed by atoms with Crippen molar-refractivity contribution in [2.45, 2.75) is 26.3 Å². The van der Waals surface area contributed by atoms with E-state index in [1.54, 1.807) is 6.08 Å². The predicted molar refractivity (Wildman–Crippen MR) is 111 cm³/mol. The maximum absolute atomic E-state index is 11.1. The zero-order valence-corrected chi connectivity index (χ0v) is 16.1. The van der Waals surface area contributed by atoms with Crippen molar-refractivity contribution in [1.82, 2.24) is 4.90 Å². The minimum absolute atomic E-state index is 0.281. The highest BCUT2D eigenvalue weighted by Crippen LogP contribution is 2.34. The Morgan fingerprint density at radius 3 is 2.63 bits per heavy atom. The molecule has 1 aliphatic carbocycles. The van der Waals surface area contributed by atoms with Crippen molar-refractivity contribution >= 4 is 17.4 Å². The average Bonchev–Trinajstić information content (AvgIpc) is 3.00. The van der Waals surface area contributed by atoms with Crippen molar-refractivity contribution in [2.75, 3.05) is 20.2 Å². The van der Waals surface area contributed by atoms with Gasteiger partial charge in [0.2, 0.25) is 0 Å². The monoisotopic (exact) mass is 361 g/mol. The number of ketones is 1. The standard InChI is InChI=1S/C24H27NO2/c1-18-15-21-5-3-4-6-24(21)23(18)13-14-25(2)16-20-9-7-19(8-10-20)11-12-22(27)17-26/h3-12,26H,13-17H2,1-2H3/b12-11+. The number of hydrogen-bond donors (Lipinski definition) is 1. The molecule has 0 aromatic heterocycles. The van der Waals surface area contributed by atoms with Gasteiger partial charge in [0.15, 0.2) is 5.78 Å². The van der Waals surface area contributed by atoms with E-state index >= 15 is 0 Å². The molecule has 140 valence electrons. The number of hydrogen-bond acceptors (Lipinski definition) is 3. The van der Waals surface area contributed by atoms with Gasteiger partial charge in [-0.25, -0.2) is 0 Å². The van der Waals surface area contributed by atoms with E-state index in [1.807, 2.05) is 12.1 Å².